The van der Waals surface area contributed by atoms with Crippen LogP contribution < -0.4 is 4.74 Å². The molecule has 98 valence electrons. The minimum Gasteiger partial charge on any atom is -0.430 e. The van der Waals surface area contributed by atoms with Crippen LogP contribution in [0.1, 0.15) is 5.56 Å². The Morgan fingerprint density at radius 2 is 1.78 bits per heavy atom. The third-order valence-electron chi connectivity index (χ3n) is 1.88. The van der Waals surface area contributed by atoms with Gasteiger partial charge < -0.3 is 4.74 Å². The zero-order valence-electron chi connectivity index (χ0n) is 8.86. The highest BCUT2D eigenvalue weighted by atomic mass is 32.2. The van der Waals surface area contributed by atoms with Gasteiger partial charge in [0.05, 0.1) is 0 Å². The Kier molecular flexibility index (Phi) is 3.80. The summed E-state index contributed by atoms with van der Waals surface area (Å²) < 4.78 is 62.2. The molecule has 1 aromatic rings. The fourth-order valence-electron chi connectivity index (χ4n) is 0.939. The normalized spacial score (nSPS) is 11.9. The molecule has 1 aromatic carbocycles. The third-order valence-corrected chi connectivity index (χ3v) is 3.06. The van der Waals surface area contributed by atoms with Crippen molar-refractivity contribution in [3.8, 4) is 5.75 Å². The Morgan fingerprint density at radius 3 is 2.17 bits per heavy atom. The maximum Gasteiger partial charge on any atom is 0.506 e. The summed E-state index contributed by atoms with van der Waals surface area (Å²) >= 11 is 0. The van der Waals surface area contributed by atoms with Gasteiger partial charge in [-0.1, -0.05) is 24.8 Å². The highest BCUT2D eigenvalue weighted by Crippen LogP contribution is 2.25. The first-order valence-corrected chi connectivity index (χ1v) is 5.97. The fraction of sp³-hybridized carbons (Fsp3) is 0.100. The van der Waals surface area contributed by atoms with Crippen LogP contribution in [0, 0.1) is 5.41 Å². The van der Waals surface area contributed by atoms with Crippen molar-refractivity contribution in [2.24, 2.45) is 0 Å². The van der Waals surface area contributed by atoms with Crippen LogP contribution in [0.5, 0.6) is 5.75 Å². The maximum atomic E-state index is 12.1. The van der Waals surface area contributed by atoms with Gasteiger partial charge >= 0.3 is 20.6 Å². The predicted octanol–water partition coefficient (Wildman–Crippen LogP) is 2.58. The van der Waals surface area contributed by atoms with Crippen LogP contribution in [0.3, 0.4) is 0 Å². The summed E-state index contributed by atoms with van der Waals surface area (Å²) in [6.45, 7) is 3.47. The first-order chi connectivity index (χ1) is 8.18. The third kappa shape index (κ3) is 2.89. The van der Waals surface area contributed by atoms with Gasteiger partial charge in [0.25, 0.3) is 0 Å². The van der Waals surface area contributed by atoms with Crippen molar-refractivity contribution in [2.45, 2.75) is 5.51 Å². The number of rotatable bonds is 2. The zero-order chi connectivity index (χ0) is 14.0. The van der Waals surface area contributed by atoms with Crippen LogP contribution in [0.15, 0.2) is 30.8 Å². The summed E-state index contributed by atoms with van der Waals surface area (Å²) in [5.74, 6) is -0.182. The molecule has 4 nitrogen and oxygen atoms in total. The minimum atomic E-state index is -5.75. The summed E-state index contributed by atoms with van der Waals surface area (Å²) in [5, 5.41) is 4.97. The number of hydrogen-bond donors (Lipinski definition) is 1. The van der Waals surface area contributed by atoms with Crippen molar-refractivity contribution in [3.05, 3.63) is 36.4 Å². The summed E-state index contributed by atoms with van der Waals surface area (Å²) in [6.07, 6.45) is 1.49. The van der Waals surface area contributed by atoms with E-state index in [1.54, 1.807) is 0 Å². The summed E-state index contributed by atoms with van der Waals surface area (Å²) in [4.78, 5) is 0. The molecule has 8 heteroatoms. The maximum absolute atomic E-state index is 12.1. The molecule has 1 rings (SSSR count). The highest BCUT2D eigenvalue weighted by molar-refractivity contribution is 8.06. The van der Waals surface area contributed by atoms with Crippen LogP contribution in [-0.2, 0) is 9.84 Å². The summed E-state index contributed by atoms with van der Waals surface area (Å²) in [7, 11) is -5.75. The lowest BCUT2D eigenvalue weighted by molar-refractivity contribution is -0.0420. The van der Waals surface area contributed by atoms with E-state index in [0.29, 0.717) is 5.56 Å². The van der Waals surface area contributed by atoms with E-state index in [4.69, 9.17) is 5.41 Å². The molecule has 18 heavy (non-hydrogen) atoms. The van der Waals surface area contributed by atoms with Crippen LogP contribution in [-0.4, -0.2) is 19.2 Å². The van der Waals surface area contributed by atoms with Crippen molar-refractivity contribution in [3.63, 3.8) is 0 Å². The molecule has 0 aliphatic heterocycles. The number of alkyl halides is 3. The number of nitrogens with one attached hydrogen (secondary N) is 1. The smallest absolute Gasteiger partial charge is 0.430 e. The van der Waals surface area contributed by atoms with E-state index in [1.165, 1.54) is 30.3 Å². The quantitative estimate of drug-likeness (QED) is 0.668. The van der Waals surface area contributed by atoms with E-state index in [-0.39, 0.29) is 5.75 Å². The van der Waals surface area contributed by atoms with E-state index < -0.39 is 20.6 Å². The topological polar surface area (TPSA) is 67.2 Å². The van der Waals surface area contributed by atoms with Gasteiger partial charge in [0.1, 0.15) is 5.75 Å². The Labute approximate surface area is 101 Å². The van der Waals surface area contributed by atoms with E-state index in [1.807, 2.05) is 0 Å². The average molecular weight is 279 g/mol. The SMILES string of the molecule is C=Cc1ccc(OC(=N)S(=O)(=O)C(F)(F)F)cc1. The molecule has 0 aliphatic rings. The molecule has 1 N–H and O–H groups in total. The van der Waals surface area contributed by atoms with E-state index >= 15 is 0 Å². The molecule has 0 radical (unpaired) electrons. The second-order valence-electron chi connectivity index (χ2n) is 3.11. The van der Waals surface area contributed by atoms with E-state index in [9.17, 15) is 21.6 Å². The Morgan fingerprint density at radius 1 is 1.28 bits per heavy atom. The molecular weight excluding hydrogens is 271 g/mol. The average Bonchev–Trinajstić information content (AvgIpc) is 2.28. The predicted molar refractivity (Wildman–Crippen MR) is 59.9 cm³/mol. The number of sulfone groups is 1. The van der Waals surface area contributed by atoms with Gasteiger partial charge in [0.15, 0.2) is 0 Å². The molecule has 0 aliphatic carbocycles. The number of hydrogen-bond acceptors (Lipinski definition) is 4. The summed E-state index contributed by atoms with van der Waals surface area (Å²) in [6, 6.07) is 5.38. The summed E-state index contributed by atoms with van der Waals surface area (Å²) in [5.41, 5.74) is -4.88. The van der Waals surface area contributed by atoms with Crippen LogP contribution >= 0.6 is 0 Å². The standard InChI is InChI=1S/C10H8F3NO3S/c1-2-7-3-5-8(6-4-7)17-9(14)18(15,16)10(11,12)13/h2-6,14H,1H2. The van der Waals surface area contributed by atoms with Gasteiger partial charge in [-0.3, -0.25) is 5.41 Å². The molecule has 0 amide bonds. The molecular formula is C10H8F3NO3S. The molecule has 0 bridgehead atoms. The van der Waals surface area contributed by atoms with Gasteiger partial charge in [-0.05, 0) is 17.7 Å². The van der Waals surface area contributed by atoms with Gasteiger partial charge in [-0.25, -0.2) is 8.42 Å². The van der Waals surface area contributed by atoms with E-state index in [0.717, 1.165) is 0 Å². The lowest BCUT2D eigenvalue weighted by Crippen LogP contribution is -2.33. The monoisotopic (exact) mass is 279 g/mol. The van der Waals surface area contributed by atoms with Crippen molar-refractivity contribution < 1.29 is 26.3 Å². The van der Waals surface area contributed by atoms with Gasteiger partial charge in [0, 0.05) is 0 Å². The zero-order valence-corrected chi connectivity index (χ0v) is 9.68. The molecule has 0 saturated carbocycles. The molecule has 0 saturated heterocycles. The van der Waals surface area contributed by atoms with Gasteiger partial charge in [0.2, 0.25) is 0 Å². The van der Waals surface area contributed by atoms with Crippen LogP contribution in [0.4, 0.5) is 13.2 Å². The number of benzene rings is 1. The Balaban J connectivity index is 2.92. The van der Waals surface area contributed by atoms with Crippen molar-refractivity contribution in [1.29, 1.82) is 5.41 Å². The second-order valence-corrected chi connectivity index (χ2v) is 4.95. The van der Waals surface area contributed by atoms with Gasteiger partial charge in [-0.2, -0.15) is 13.2 Å². The molecule has 0 spiro atoms. The number of ether oxygens (including phenoxy) is 1. The first-order valence-electron chi connectivity index (χ1n) is 4.49. The minimum absolute atomic E-state index is 0.182. The molecule has 0 fully saturated rings. The lowest BCUT2D eigenvalue weighted by Gasteiger charge is -2.10. The largest absolute Gasteiger partial charge is 0.506 e. The Hall–Kier alpha value is -1.83. The van der Waals surface area contributed by atoms with Crippen LogP contribution in [0.2, 0.25) is 0 Å². The van der Waals surface area contributed by atoms with Crippen LogP contribution in [0.25, 0.3) is 6.08 Å². The second kappa shape index (κ2) is 4.81. The van der Waals surface area contributed by atoms with Crippen molar-refractivity contribution in [1.82, 2.24) is 0 Å². The molecule has 0 aromatic heterocycles. The Bertz CT molecular complexity index is 561. The highest BCUT2D eigenvalue weighted by Gasteiger charge is 2.50. The molecule has 0 heterocycles. The first kappa shape index (κ1) is 14.2. The van der Waals surface area contributed by atoms with Gasteiger partial charge in [-0.15, -0.1) is 0 Å². The number of halogens is 3. The lowest BCUT2D eigenvalue weighted by atomic mass is 10.2. The molecule has 0 unspecified atom stereocenters. The fourth-order valence-corrected chi connectivity index (χ4v) is 1.36. The van der Waals surface area contributed by atoms with Crippen molar-refractivity contribution >= 4 is 21.1 Å². The van der Waals surface area contributed by atoms with E-state index in [2.05, 4.69) is 11.3 Å². The van der Waals surface area contributed by atoms with Crippen molar-refractivity contribution in [2.75, 3.05) is 0 Å². The molecule has 0 atom stereocenters.